The lowest BCUT2D eigenvalue weighted by atomic mass is 10.2. The zero-order valence-electron chi connectivity index (χ0n) is 9.62. The first-order chi connectivity index (χ1) is 8.06. The fourth-order valence-electron chi connectivity index (χ4n) is 1.44. The molecule has 0 amide bonds. The molecule has 5 nitrogen and oxygen atoms in total. The summed E-state index contributed by atoms with van der Waals surface area (Å²) in [6.07, 6.45) is 0. The molecule has 0 radical (unpaired) electrons. The number of nitrogen functional groups attached to an aromatic ring is 1. The topological polar surface area (TPSA) is 77.0 Å². The van der Waals surface area contributed by atoms with E-state index in [1.165, 1.54) is 6.07 Å². The lowest BCUT2D eigenvalue weighted by molar-refractivity contribution is 0.388. The van der Waals surface area contributed by atoms with Gasteiger partial charge in [0.2, 0.25) is 5.89 Å². The third-order valence-corrected chi connectivity index (χ3v) is 2.34. The fraction of sp³-hybridized carbons (Fsp3) is 0.273. The first kappa shape index (κ1) is 11.4. The van der Waals surface area contributed by atoms with Crippen molar-refractivity contribution in [2.24, 2.45) is 0 Å². The SMILES string of the molecule is Cc1nc(CNc2cc(C)c(F)cc2N)no1. The quantitative estimate of drug-likeness (QED) is 0.797. The Hall–Kier alpha value is -2.11. The van der Waals surface area contributed by atoms with E-state index < -0.39 is 0 Å². The van der Waals surface area contributed by atoms with Gasteiger partial charge in [-0.2, -0.15) is 4.98 Å². The summed E-state index contributed by atoms with van der Waals surface area (Å²) in [7, 11) is 0. The number of anilines is 2. The van der Waals surface area contributed by atoms with Gasteiger partial charge in [0, 0.05) is 6.92 Å². The molecule has 17 heavy (non-hydrogen) atoms. The Balaban J connectivity index is 2.11. The highest BCUT2D eigenvalue weighted by atomic mass is 19.1. The third-order valence-electron chi connectivity index (χ3n) is 2.34. The van der Waals surface area contributed by atoms with E-state index in [2.05, 4.69) is 15.5 Å². The van der Waals surface area contributed by atoms with E-state index in [4.69, 9.17) is 10.3 Å². The Morgan fingerprint density at radius 3 is 2.82 bits per heavy atom. The van der Waals surface area contributed by atoms with Gasteiger partial charge in [-0.05, 0) is 24.6 Å². The van der Waals surface area contributed by atoms with E-state index in [0.29, 0.717) is 35.2 Å². The van der Waals surface area contributed by atoms with E-state index in [1.54, 1.807) is 19.9 Å². The summed E-state index contributed by atoms with van der Waals surface area (Å²) in [6, 6.07) is 2.94. The van der Waals surface area contributed by atoms with Crippen LogP contribution in [0.25, 0.3) is 0 Å². The predicted molar refractivity (Wildman–Crippen MR) is 61.9 cm³/mol. The van der Waals surface area contributed by atoms with Gasteiger partial charge in [-0.25, -0.2) is 4.39 Å². The van der Waals surface area contributed by atoms with E-state index in [-0.39, 0.29) is 5.82 Å². The van der Waals surface area contributed by atoms with Crippen molar-refractivity contribution in [3.8, 4) is 0 Å². The molecule has 0 bridgehead atoms. The van der Waals surface area contributed by atoms with Crippen molar-refractivity contribution in [1.29, 1.82) is 0 Å². The molecule has 1 heterocycles. The number of nitrogens with two attached hydrogens (primary N) is 1. The van der Waals surface area contributed by atoms with Crippen molar-refractivity contribution >= 4 is 11.4 Å². The molecule has 0 aliphatic carbocycles. The van der Waals surface area contributed by atoms with Crippen LogP contribution in [0, 0.1) is 19.7 Å². The summed E-state index contributed by atoms with van der Waals surface area (Å²) in [6.45, 7) is 3.78. The third kappa shape index (κ3) is 2.52. The summed E-state index contributed by atoms with van der Waals surface area (Å²) in [4.78, 5) is 4.04. The summed E-state index contributed by atoms with van der Waals surface area (Å²) < 4.78 is 18.0. The predicted octanol–water partition coefficient (Wildman–Crippen LogP) is 2.02. The maximum absolute atomic E-state index is 13.2. The van der Waals surface area contributed by atoms with Crippen LogP contribution in [0.5, 0.6) is 0 Å². The van der Waals surface area contributed by atoms with Crippen LogP contribution in [0.15, 0.2) is 16.7 Å². The van der Waals surface area contributed by atoms with Gasteiger partial charge < -0.3 is 15.6 Å². The lowest BCUT2D eigenvalue weighted by Gasteiger charge is -2.09. The lowest BCUT2D eigenvalue weighted by Crippen LogP contribution is -2.05. The number of rotatable bonds is 3. The molecule has 3 N–H and O–H groups in total. The van der Waals surface area contributed by atoms with Crippen LogP contribution in [0.4, 0.5) is 15.8 Å². The smallest absolute Gasteiger partial charge is 0.223 e. The van der Waals surface area contributed by atoms with Gasteiger partial charge in [-0.1, -0.05) is 5.16 Å². The number of aryl methyl sites for hydroxylation is 2. The molecule has 1 aromatic carbocycles. The number of hydrogen-bond donors (Lipinski definition) is 2. The van der Waals surface area contributed by atoms with E-state index >= 15 is 0 Å². The molecule has 90 valence electrons. The zero-order chi connectivity index (χ0) is 12.4. The number of hydrogen-bond acceptors (Lipinski definition) is 5. The molecular weight excluding hydrogens is 223 g/mol. The average molecular weight is 236 g/mol. The van der Waals surface area contributed by atoms with Gasteiger partial charge in [0.1, 0.15) is 5.82 Å². The van der Waals surface area contributed by atoms with Gasteiger partial charge in [0.25, 0.3) is 0 Å². The van der Waals surface area contributed by atoms with Crippen LogP contribution in [0.3, 0.4) is 0 Å². The highest BCUT2D eigenvalue weighted by Crippen LogP contribution is 2.22. The van der Waals surface area contributed by atoms with Gasteiger partial charge in [-0.15, -0.1) is 0 Å². The van der Waals surface area contributed by atoms with Gasteiger partial charge in [0.15, 0.2) is 5.82 Å². The first-order valence-corrected chi connectivity index (χ1v) is 5.15. The van der Waals surface area contributed by atoms with Crippen molar-refractivity contribution in [2.75, 3.05) is 11.1 Å². The van der Waals surface area contributed by atoms with Crippen LogP contribution in [0.1, 0.15) is 17.3 Å². The zero-order valence-corrected chi connectivity index (χ0v) is 9.62. The summed E-state index contributed by atoms with van der Waals surface area (Å²) >= 11 is 0. The number of nitrogens with zero attached hydrogens (tertiary/aromatic N) is 2. The van der Waals surface area contributed by atoms with Crippen LogP contribution in [-0.2, 0) is 6.54 Å². The highest BCUT2D eigenvalue weighted by Gasteiger charge is 2.06. The maximum atomic E-state index is 13.2. The van der Waals surface area contributed by atoms with Crippen LogP contribution < -0.4 is 11.1 Å². The number of nitrogens with one attached hydrogen (secondary N) is 1. The van der Waals surface area contributed by atoms with Gasteiger partial charge in [-0.3, -0.25) is 0 Å². The summed E-state index contributed by atoms with van der Waals surface area (Å²) in [5.41, 5.74) is 7.24. The molecule has 0 fully saturated rings. The van der Waals surface area contributed by atoms with Crippen molar-refractivity contribution in [2.45, 2.75) is 20.4 Å². The van der Waals surface area contributed by atoms with Crippen LogP contribution >= 0.6 is 0 Å². The maximum Gasteiger partial charge on any atom is 0.223 e. The molecular formula is C11H13FN4O. The molecule has 0 atom stereocenters. The average Bonchev–Trinajstić information content (AvgIpc) is 2.68. The standard InChI is InChI=1S/C11H13FN4O/c1-6-3-10(9(13)4-8(6)12)14-5-11-15-7(2)17-16-11/h3-4,14H,5,13H2,1-2H3. The Morgan fingerprint density at radius 2 is 2.18 bits per heavy atom. The molecule has 0 aliphatic rings. The second kappa shape index (κ2) is 4.40. The summed E-state index contributed by atoms with van der Waals surface area (Å²) in [5, 5.41) is 6.77. The Morgan fingerprint density at radius 1 is 1.41 bits per heavy atom. The van der Waals surface area contributed by atoms with E-state index in [1.807, 2.05) is 0 Å². The Kier molecular flexibility index (Phi) is 2.95. The van der Waals surface area contributed by atoms with Crippen molar-refractivity contribution in [1.82, 2.24) is 10.1 Å². The minimum Gasteiger partial charge on any atom is -0.397 e. The minimum atomic E-state index is -0.316. The van der Waals surface area contributed by atoms with Crippen LogP contribution in [0.2, 0.25) is 0 Å². The Bertz CT molecular complexity index is 538. The molecule has 2 rings (SSSR count). The molecule has 0 aliphatic heterocycles. The van der Waals surface area contributed by atoms with E-state index in [9.17, 15) is 4.39 Å². The molecule has 0 spiro atoms. The molecule has 2 aromatic rings. The molecule has 0 unspecified atom stereocenters. The number of aromatic nitrogens is 2. The van der Waals surface area contributed by atoms with Crippen LogP contribution in [-0.4, -0.2) is 10.1 Å². The highest BCUT2D eigenvalue weighted by molar-refractivity contribution is 5.67. The molecule has 1 aromatic heterocycles. The monoisotopic (exact) mass is 236 g/mol. The first-order valence-electron chi connectivity index (χ1n) is 5.15. The fourth-order valence-corrected chi connectivity index (χ4v) is 1.44. The van der Waals surface area contributed by atoms with Crippen molar-refractivity contribution in [3.63, 3.8) is 0 Å². The second-order valence-electron chi connectivity index (χ2n) is 3.77. The van der Waals surface area contributed by atoms with Gasteiger partial charge >= 0.3 is 0 Å². The van der Waals surface area contributed by atoms with Crippen molar-refractivity contribution in [3.05, 3.63) is 35.2 Å². The largest absolute Gasteiger partial charge is 0.397 e. The Labute approximate surface area is 97.8 Å². The van der Waals surface area contributed by atoms with Gasteiger partial charge in [0.05, 0.1) is 17.9 Å². The second-order valence-corrected chi connectivity index (χ2v) is 3.77. The number of halogens is 1. The summed E-state index contributed by atoms with van der Waals surface area (Å²) in [5.74, 6) is 0.720. The number of benzene rings is 1. The molecule has 0 saturated heterocycles. The van der Waals surface area contributed by atoms with Crippen molar-refractivity contribution < 1.29 is 8.91 Å². The normalized spacial score (nSPS) is 10.5. The molecule has 0 saturated carbocycles. The molecule has 6 heteroatoms. The minimum absolute atomic E-state index is 0.316. The van der Waals surface area contributed by atoms with E-state index in [0.717, 1.165) is 0 Å².